The van der Waals surface area contributed by atoms with Gasteiger partial charge >= 0.3 is 0 Å². The Kier molecular flexibility index (Phi) is 7.98. The maximum absolute atomic E-state index is 11.8. The van der Waals surface area contributed by atoms with Crippen molar-refractivity contribution in [3.05, 3.63) is 5.92 Å². The number of hydrogen-bond donors (Lipinski definition) is 0. The van der Waals surface area contributed by atoms with Gasteiger partial charge in [-0.25, -0.2) is 0 Å². The maximum atomic E-state index is 11.8. The molecule has 0 saturated carbocycles. The standard InChI is InChI=1S/C10H20F/c1-3-6-10(7-4-2)8-5-9-11/h3-9H2,1-2H3. The normalized spacial score (nSPS) is 10.9. The van der Waals surface area contributed by atoms with Crippen LogP contribution >= 0.6 is 0 Å². The predicted molar refractivity (Wildman–Crippen MR) is 48.3 cm³/mol. The highest BCUT2D eigenvalue weighted by atomic mass is 19.1. The Hall–Kier alpha value is -0.0700. The second kappa shape index (κ2) is 8.03. The van der Waals surface area contributed by atoms with Gasteiger partial charge in [0.15, 0.2) is 0 Å². The zero-order chi connectivity index (χ0) is 8.53. The average Bonchev–Trinajstić information content (AvgIpc) is 2.01. The van der Waals surface area contributed by atoms with Crippen molar-refractivity contribution in [2.24, 2.45) is 0 Å². The Bertz CT molecular complexity index is 65.3. The molecule has 67 valence electrons. The van der Waals surface area contributed by atoms with Crippen LogP contribution in [0.5, 0.6) is 0 Å². The van der Waals surface area contributed by atoms with Gasteiger partial charge in [-0.1, -0.05) is 26.7 Å². The molecule has 0 fully saturated rings. The van der Waals surface area contributed by atoms with Crippen molar-refractivity contribution in [2.75, 3.05) is 6.67 Å². The molecule has 0 rings (SSSR count). The highest BCUT2D eigenvalue weighted by Gasteiger charge is 2.05. The Balaban J connectivity index is 3.34. The van der Waals surface area contributed by atoms with E-state index in [0.29, 0.717) is 0 Å². The monoisotopic (exact) mass is 159 g/mol. The van der Waals surface area contributed by atoms with Gasteiger partial charge in [-0.3, -0.25) is 4.39 Å². The van der Waals surface area contributed by atoms with Crippen LogP contribution in [0.2, 0.25) is 0 Å². The third kappa shape index (κ3) is 6.33. The fourth-order valence-corrected chi connectivity index (χ4v) is 1.40. The molecule has 0 atom stereocenters. The van der Waals surface area contributed by atoms with Crippen molar-refractivity contribution in [3.63, 3.8) is 0 Å². The quantitative estimate of drug-likeness (QED) is 0.528. The summed E-state index contributed by atoms with van der Waals surface area (Å²) in [4.78, 5) is 0. The Morgan fingerprint density at radius 1 is 1.00 bits per heavy atom. The van der Waals surface area contributed by atoms with Gasteiger partial charge in [-0.2, -0.15) is 0 Å². The van der Waals surface area contributed by atoms with E-state index in [-0.39, 0.29) is 6.67 Å². The first-order valence-electron chi connectivity index (χ1n) is 4.74. The van der Waals surface area contributed by atoms with Crippen LogP contribution in [0, 0.1) is 5.92 Å². The number of rotatable bonds is 7. The molecule has 0 aromatic rings. The van der Waals surface area contributed by atoms with Gasteiger partial charge in [0.1, 0.15) is 0 Å². The molecule has 0 heterocycles. The van der Waals surface area contributed by atoms with Crippen LogP contribution in [0.4, 0.5) is 4.39 Å². The molecule has 1 radical (unpaired) electrons. The fourth-order valence-electron chi connectivity index (χ4n) is 1.40. The molecule has 0 amide bonds. The lowest BCUT2D eigenvalue weighted by atomic mass is 9.94. The number of hydrogen-bond acceptors (Lipinski definition) is 0. The lowest BCUT2D eigenvalue weighted by molar-refractivity contribution is 0.454. The molecule has 0 aromatic carbocycles. The van der Waals surface area contributed by atoms with Crippen LogP contribution < -0.4 is 0 Å². The molecule has 0 aromatic heterocycles. The molecule has 0 spiro atoms. The third-order valence-electron chi connectivity index (χ3n) is 1.87. The van der Waals surface area contributed by atoms with Gasteiger partial charge in [0, 0.05) is 0 Å². The predicted octanol–water partition coefficient (Wildman–Crippen LogP) is 3.91. The van der Waals surface area contributed by atoms with Crippen LogP contribution in [0.25, 0.3) is 0 Å². The smallest absolute Gasteiger partial charge is 0.0894 e. The summed E-state index contributed by atoms with van der Waals surface area (Å²) in [5, 5.41) is 0. The van der Waals surface area contributed by atoms with E-state index in [1.54, 1.807) is 5.92 Å². The zero-order valence-corrected chi connectivity index (χ0v) is 7.83. The van der Waals surface area contributed by atoms with Crippen molar-refractivity contribution in [1.82, 2.24) is 0 Å². The molecule has 0 N–H and O–H groups in total. The Morgan fingerprint density at radius 2 is 1.55 bits per heavy atom. The lowest BCUT2D eigenvalue weighted by Crippen LogP contribution is -1.97. The maximum Gasteiger partial charge on any atom is 0.0894 e. The van der Waals surface area contributed by atoms with Crippen LogP contribution in [-0.4, -0.2) is 6.67 Å². The number of alkyl halides is 1. The summed E-state index contributed by atoms with van der Waals surface area (Å²) in [6, 6.07) is 0. The second-order valence-corrected chi connectivity index (χ2v) is 3.04. The molecule has 0 nitrogen and oxygen atoms in total. The summed E-state index contributed by atoms with van der Waals surface area (Å²) < 4.78 is 11.8. The van der Waals surface area contributed by atoms with E-state index in [4.69, 9.17) is 0 Å². The molecular weight excluding hydrogens is 139 g/mol. The van der Waals surface area contributed by atoms with E-state index in [9.17, 15) is 4.39 Å². The third-order valence-corrected chi connectivity index (χ3v) is 1.87. The van der Waals surface area contributed by atoms with Gasteiger partial charge in [0.05, 0.1) is 6.67 Å². The highest BCUT2D eigenvalue weighted by molar-refractivity contribution is 4.87. The minimum atomic E-state index is -0.156. The van der Waals surface area contributed by atoms with Crippen molar-refractivity contribution in [2.45, 2.75) is 52.4 Å². The minimum Gasteiger partial charge on any atom is -0.251 e. The van der Waals surface area contributed by atoms with E-state index < -0.39 is 0 Å². The average molecular weight is 159 g/mol. The van der Waals surface area contributed by atoms with Gasteiger partial charge in [0.25, 0.3) is 0 Å². The van der Waals surface area contributed by atoms with Crippen molar-refractivity contribution in [3.8, 4) is 0 Å². The Labute approximate surface area is 70.2 Å². The van der Waals surface area contributed by atoms with Gasteiger partial charge in [-0.15, -0.1) is 0 Å². The highest BCUT2D eigenvalue weighted by Crippen LogP contribution is 2.21. The van der Waals surface area contributed by atoms with E-state index in [2.05, 4.69) is 13.8 Å². The number of halogens is 1. The molecule has 0 aliphatic heterocycles. The van der Waals surface area contributed by atoms with Crippen molar-refractivity contribution < 1.29 is 4.39 Å². The first kappa shape index (κ1) is 10.9. The second-order valence-electron chi connectivity index (χ2n) is 3.04. The van der Waals surface area contributed by atoms with Gasteiger partial charge in [0.2, 0.25) is 0 Å². The van der Waals surface area contributed by atoms with Crippen LogP contribution in [0.15, 0.2) is 0 Å². The van der Waals surface area contributed by atoms with Crippen LogP contribution in [0.3, 0.4) is 0 Å². The molecule has 0 aliphatic rings. The molecule has 11 heavy (non-hydrogen) atoms. The fraction of sp³-hybridized carbons (Fsp3) is 0.900. The summed E-state index contributed by atoms with van der Waals surface area (Å²) in [5.74, 6) is 1.56. The topological polar surface area (TPSA) is 0 Å². The molecule has 0 unspecified atom stereocenters. The molecule has 1 heteroatoms. The summed E-state index contributed by atoms with van der Waals surface area (Å²) in [6.07, 6.45) is 6.57. The van der Waals surface area contributed by atoms with Gasteiger partial charge < -0.3 is 0 Å². The van der Waals surface area contributed by atoms with Crippen molar-refractivity contribution in [1.29, 1.82) is 0 Å². The van der Waals surface area contributed by atoms with E-state index >= 15 is 0 Å². The Morgan fingerprint density at radius 3 is 1.91 bits per heavy atom. The lowest BCUT2D eigenvalue weighted by Gasteiger charge is -2.12. The van der Waals surface area contributed by atoms with Crippen LogP contribution in [-0.2, 0) is 0 Å². The first-order chi connectivity index (χ1) is 5.35. The first-order valence-corrected chi connectivity index (χ1v) is 4.74. The molecule has 0 bridgehead atoms. The minimum absolute atomic E-state index is 0.156. The summed E-state index contributed by atoms with van der Waals surface area (Å²) in [5.41, 5.74) is 0. The molecular formula is C10H20F. The summed E-state index contributed by atoms with van der Waals surface area (Å²) >= 11 is 0. The van der Waals surface area contributed by atoms with Crippen LogP contribution in [0.1, 0.15) is 52.4 Å². The zero-order valence-electron chi connectivity index (χ0n) is 7.83. The largest absolute Gasteiger partial charge is 0.251 e. The van der Waals surface area contributed by atoms with Gasteiger partial charge in [-0.05, 0) is 31.6 Å². The summed E-state index contributed by atoms with van der Waals surface area (Å²) in [7, 11) is 0. The van der Waals surface area contributed by atoms with E-state index in [0.717, 1.165) is 12.8 Å². The molecule has 0 saturated heterocycles. The van der Waals surface area contributed by atoms with Crippen molar-refractivity contribution >= 4 is 0 Å². The SMILES string of the molecule is CCC[C](CCC)CCCF. The van der Waals surface area contributed by atoms with E-state index in [1.165, 1.54) is 25.7 Å². The summed E-state index contributed by atoms with van der Waals surface area (Å²) in [6.45, 7) is 4.22. The van der Waals surface area contributed by atoms with E-state index in [1.807, 2.05) is 0 Å². The molecule has 0 aliphatic carbocycles.